The zero-order chi connectivity index (χ0) is 11.0. The maximum absolute atomic E-state index is 5.82. The molecule has 0 aliphatic rings. The van der Waals surface area contributed by atoms with Crippen LogP contribution in [0.2, 0.25) is 0 Å². The number of rotatable bonds is 2. The molecule has 5 nitrogen and oxygen atoms in total. The third-order valence-corrected chi connectivity index (χ3v) is 2.37. The van der Waals surface area contributed by atoms with Crippen LogP contribution >= 0.6 is 0 Å². The van der Waals surface area contributed by atoms with E-state index >= 15 is 0 Å². The van der Waals surface area contributed by atoms with Crippen molar-refractivity contribution in [2.75, 3.05) is 18.1 Å². The van der Waals surface area contributed by atoms with Crippen molar-refractivity contribution in [3.63, 3.8) is 0 Å². The Morgan fingerprint density at radius 1 is 1.40 bits per heavy atom. The molecule has 15 heavy (non-hydrogen) atoms. The second-order valence-corrected chi connectivity index (χ2v) is 3.82. The first-order chi connectivity index (χ1) is 7.11. The number of fused-ring (bicyclic) bond motifs is 1. The Hall–Kier alpha value is -1.78. The van der Waals surface area contributed by atoms with Gasteiger partial charge in [0.2, 0.25) is 5.95 Å². The molecule has 4 N–H and O–H groups in total. The number of H-pyrrole nitrogens is 1. The van der Waals surface area contributed by atoms with E-state index in [0.29, 0.717) is 17.7 Å². The first-order valence-corrected chi connectivity index (χ1v) is 4.95. The summed E-state index contributed by atoms with van der Waals surface area (Å²) in [5.41, 5.74) is 8.62. The summed E-state index contributed by atoms with van der Waals surface area (Å²) >= 11 is 0. The van der Waals surface area contributed by atoms with Gasteiger partial charge in [-0.3, -0.25) is 0 Å². The van der Waals surface area contributed by atoms with Crippen LogP contribution in [0.25, 0.3) is 11.0 Å². The number of nitrogens with two attached hydrogens (primary N) is 1. The van der Waals surface area contributed by atoms with Crippen molar-refractivity contribution in [3.05, 3.63) is 11.8 Å². The summed E-state index contributed by atoms with van der Waals surface area (Å²) in [5, 5.41) is 2.88. The van der Waals surface area contributed by atoms with Crippen molar-refractivity contribution in [3.8, 4) is 0 Å². The summed E-state index contributed by atoms with van der Waals surface area (Å²) in [5.74, 6) is 1.46. The summed E-state index contributed by atoms with van der Waals surface area (Å²) in [6, 6.07) is 2.01. The zero-order valence-corrected chi connectivity index (χ0v) is 9.13. The van der Waals surface area contributed by atoms with E-state index in [9.17, 15) is 0 Å². The number of aromatic amines is 1. The third-order valence-electron chi connectivity index (χ3n) is 2.37. The van der Waals surface area contributed by atoms with Crippen LogP contribution in [0.5, 0.6) is 0 Å². The van der Waals surface area contributed by atoms with Gasteiger partial charge in [0.15, 0.2) is 5.82 Å². The molecule has 2 rings (SSSR count). The summed E-state index contributed by atoms with van der Waals surface area (Å²) in [7, 11) is 1.77. The quantitative estimate of drug-likeness (QED) is 0.697. The topological polar surface area (TPSA) is 79.6 Å². The fourth-order valence-corrected chi connectivity index (χ4v) is 1.48. The van der Waals surface area contributed by atoms with E-state index in [4.69, 9.17) is 5.73 Å². The second-order valence-electron chi connectivity index (χ2n) is 3.82. The molecule has 5 heteroatoms. The number of aromatic nitrogens is 3. The molecular formula is C10H15N5. The Balaban J connectivity index is 2.64. The third kappa shape index (κ3) is 1.60. The molecule has 2 aromatic heterocycles. The summed E-state index contributed by atoms with van der Waals surface area (Å²) in [6.07, 6.45) is 0. The molecule has 0 saturated carbocycles. The van der Waals surface area contributed by atoms with Crippen LogP contribution < -0.4 is 11.1 Å². The molecule has 0 radical (unpaired) electrons. The molecule has 2 heterocycles. The number of anilines is 2. The molecule has 0 atom stereocenters. The highest BCUT2D eigenvalue weighted by molar-refractivity contribution is 5.86. The van der Waals surface area contributed by atoms with Crippen LogP contribution in [0.15, 0.2) is 6.07 Å². The van der Waals surface area contributed by atoms with Gasteiger partial charge in [-0.05, 0) is 12.0 Å². The van der Waals surface area contributed by atoms with Crippen LogP contribution in [0.3, 0.4) is 0 Å². The second kappa shape index (κ2) is 3.42. The highest BCUT2D eigenvalue weighted by Crippen LogP contribution is 2.23. The Kier molecular flexibility index (Phi) is 2.22. The van der Waals surface area contributed by atoms with Crippen molar-refractivity contribution < 1.29 is 0 Å². The Morgan fingerprint density at radius 3 is 2.73 bits per heavy atom. The van der Waals surface area contributed by atoms with E-state index in [2.05, 4.69) is 34.1 Å². The molecule has 0 aromatic carbocycles. The highest BCUT2D eigenvalue weighted by atomic mass is 15.1. The number of hydrogen-bond acceptors (Lipinski definition) is 4. The van der Waals surface area contributed by atoms with Crippen molar-refractivity contribution in [1.82, 2.24) is 15.0 Å². The Morgan fingerprint density at radius 2 is 2.13 bits per heavy atom. The van der Waals surface area contributed by atoms with E-state index in [1.807, 2.05) is 6.07 Å². The lowest BCUT2D eigenvalue weighted by molar-refractivity contribution is 0.836. The van der Waals surface area contributed by atoms with E-state index in [-0.39, 0.29) is 0 Å². The minimum Gasteiger partial charge on any atom is -0.382 e. The number of nitrogens with one attached hydrogen (secondary N) is 2. The van der Waals surface area contributed by atoms with Crippen LogP contribution in [0, 0.1) is 0 Å². The lowest BCUT2D eigenvalue weighted by Crippen LogP contribution is -2.00. The van der Waals surface area contributed by atoms with Crippen molar-refractivity contribution in [1.29, 1.82) is 0 Å². The highest BCUT2D eigenvalue weighted by Gasteiger charge is 2.09. The molecule has 80 valence electrons. The molecule has 0 amide bonds. The predicted octanol–water partition coefficient (Wildman–Crippen LogP) is 1.71. The predicted molar refractivity (Wildman–Crippen MR) is 61.9 cm³/mol. The SMILES string of the molecule is CNc1nc(N)c2[nH]c(C(C)C)cc2n1. The van der Waals surface area contributed by atoms with Crippen LogP contribution in [0.1, 0.15) is 25.5 Å². The Bertz CT molecular complexity index is 486. The first kappa shape index (κ1) is 9.76. The lowest BCUT2D eigenvalue weighted by atomic mass is 10.1. The fraction of sp³-hybridized carbons (Fsp3) is 0.400. The average Bonchev–Trinajstić information content (AvgIpc) is 2.61. The molecule has 0 saturated heterocycles. The largest absolute Gasteiger partial charge is 0.382 e. The minimum atomic E-state index is 0.427. The lowest BCUT2D eigenvalue weighted by Gasteiger charge is -2.00. The molecule has 0 aliphatic carbocycles. The average molecular weight is 205 g/mol. The van der Waals surface area contributed by atoms with Crippen LogP contribution in [0.4, 0.5) is 11.8 Å². The number of nitrogen functional groups attached to an aromatic ring is 1. The van der Waals surface area contributed by atoms with Gasteiger partial charge < -0.3 is 16.0 Å². The van der Waals surface area contributed by atoms with Gasteiger partial charge in [0, 0.05) is 12.7 Å². The first-order valence-electron chi connectivity index (χ1n) is 4.95. The van der Waals surface area contributed by atoms with E-state index < -0.39 is 0 Å². The molecule has 2 aromatic rings. The normalized spacial score (nSPS) is 11.2. The molecule has 0 fully saturated rings. The summed E-state index contributed by atoms with van der Waals surface area (Å²) in [6.45, 7) is 4.24. The Labute approximate surface area is 88.1 Å². The maximum atomic E-state index is 5.82. The van der Waals surface area contributed by atoms with E-state index in [0.717, 1.165) is 16.7 Å². The van der Waals surface area contributed by atoms with Gasteiger partial charge in [-0.15, -0.1) is 0 Å². The van der Waals surface area contributed by atoms with Gasteiger partial charge in [0.05, 0.1) is 5.52 Å². The number of hydrogen-bond donors (Lipinski definition) is 3. The fourth-order valence-electron chi connectivity index (χ4n) is 1.48. The van der Waals surface area contributed by atoms with E-state index in [1.54, 1.807) is 7.05 Å². The monoisotopic (exact) mass is 205 g/mol. The maximum Gasteiger partial charge on any atom is 0.225 e. The van der Waals surface area contributed by atoms with Crippen LogP contribution in [-0.2, 0) is 0 Å². The summed E-state index contributed by atoms with van der Waals surface area (Å²) < 4.78 is 0. The van der Waals surface area contributed by atoms with Gasteiger partial charge >= 0.3 is 0 Å². The van der Waals surface area contributed by atoms with Gasteiger partial charge in [-0.2, -0.15) is 4.98 Å². The van der Waals surface area contributed by atoms with Gasteiger partial charge in [-0.1, -0.05) is 13.8 Å². The van der Waals surface area contributed by atoms with Gasteiger partial charge in [0.25, 0.3) is 0 Å². The molecular weight excluding hydrogens is 190 g/mol. The van der Waals surface area contributed by atoms with Crippen molar-refractivity contribution in [2.45, 2.75) is 19.8 Å². The van der Waals surface area contributed by atoms with Crippen molar-refractivity contribution in [2.24, 2.45) is 0 Å². The molecule has 0 spiro atoms. The minimum absolute atomic E-state index is 0.427. The van der Waals surface area contributed by atoms with Gasteiger partial charge in [-0.25, -0.2) is 4.98 Å². The van der Waals surface area contributed by atoms with Crippen LogP contribution in [-0.4, -0.2) is 22.0 Å². The number of nitrogens with zero attached hydrogens (tertiary/aromatic N) is 2. The smallest absolute Gasteiger partial charge is 0.225 e. The van der Waals surface area contributed by atoms with Gasteiger partial charge in [0.1, 0.15) is 5.52 Å². The molecule has 0 bridgehead atoms. The standard InChI is InChI=1S/C10H15N5/c1-5(2)6-4-7-8(13-6)9(11)15-10(12-3)14-7/h4-5,13H,1-3H3,(H3,11,12,14,15). The van der Waals surface area contributed by atoms with E-state index in [1.165, 1.54) is 0 Å². The van der Waals surface area contributed by atoms with Crippen molar-refractivity contribution >= 4 is 22.8 Å². The summed E-state index contributed by atoms with van der Waals surface area (Å²) in [4.78, 5) is 11.7. The molecule has 0 aliphatic heterocycles. The zero-order valence-electron chi connectivity index (χ0n) is 9.13. The molecule has 0 unspecified atom stereocenters.